The molecule has 0 unspecified atom stereocenters. The van der Waals surface area contributed by atoms with E-state index < -0.39 is 17.8 Å². The smallest absolute Gasteiger partial charge is 0.309 e. The van der Waals surface area contributed by atoms with Crippen LogP contribution in [0, 0.1) is 17.7 Å². The van der Waals surface area contributed by atoms with E-state index in [1.807, 2.05) is 6.92 Å². The third-order valence-electron chi connectivity index (χ3n) is 3.26. The van der Waals surface area contributed by atoms with Crippen LogP contribution in [-0.2, 0) is 14.3 Å². The number of esters is 1. The minimum atomic E-state index is -0.920. The van der Waals surface area contributed by atoms with Crippen LogP contribution < -0.4 is 5.32 Å². The van der Waals surface area contributed by atoms with Crippen LogP contribution in [0.3, 0.4) is 0 Å². The molecule has 4 nitrogen and oxygen atoms in total. The van der Waals surface area contributed by atoms with Crippen molar-refractivity contribution in [3.05, 3.63) is 29.0 Å². The van der Waals surface area contributed by atoms with E-state index in [0.29, 0.717) is 5.92 Å². The molecule has 1 aliphatic carbocycles. The number of hydrogen-bond acceptors (Lipinski definition) is 3. The Kier molecular flexibility index (Phi) is 4.28. The molecule has 0 radical (unpaired) electrons. The Labute approximate surface area is 121 Å². The zero-order valence-corrected chi connectivity index (χ0v) is 11.9. The molecular weight excluding hydrogens is 285 g/mol. The molecule has 0 saturated heterocycles. The first kappa shape index (κ1) is 14.8. The molecule has 0 spiro atoms. The minimum Gasteiger partial charge on any atom is -0.452 e. The summed E-state index contributed by atoms with van der Waals surface area (Å²) in [6.45, 7) is 3.44. The molecule has 1 aromatic carbocycles. The number of benzene rings is 1. The molecule has 2 rings (SSSR count). The average molecular weight is 300 g/mol. The molecule has 0 bridgehead atoms. The number of ether oxygens (including phenoxy) is 1. The second-order valence-electron chi connectivity index (χ2n) is 5.01. The number of carbonyl (C=O) groups is 2. The number of amides is 1. The lowest BCUT2D eigenvalue weighted by Crippen LogP contribution is -2.30. The normalized spacial score (nSPS) is 22.0. The highest BCUT2D eigenvalue weighted by molar-refractivity contribution is 6.33. The summed E-state index contributed by atoms with van der Waals surface area (Å²) in [5, 5.41) is 2.59. The lowest BCUT2D eigenvalue weighted by atomic mass is 10.3. The Morgan fingerprint density at radius 1 is 1.50 bits per heavy atom. The Balaban J connectivity index is 1.92. The van der Waals surface area contributed by atoms with Crippen LogP contribution in [0.2, 0.25) is 5.02 Å². The van der Waals surface area contributed by atoms with Gasteiger partial charge < -0.3 is 10.1 Å². The van der Waals surface area contributed by atoms with E-state index in [9.17, 15) is 14.0 Å². The number of hydrogen-bond donors (Lipinski definition) is 1. The monoisotopic (exact) mass is 299 g/mol. The molecule has 0 aliphatic heterocycles. The van der Waals surface area contributed by atoms with E-state index in [0.717, 1.165) is 12.5 Å². The van der Waals surface area contributed by atoms with E-state index in [4.69, 9.17) is 16.3 Å². The van der Waals surface area contributed by atoms with E-state index in [2.05, 4.69) is 5.32 Å². The lowest BCUT2D eigenvalue weighted by molar-refractivity contribution is -0.154. The summed E-state index contributed by atoms with van der Waals surface area (Å²) in [7, 11) is 0. The van der Waals surface area contributed by atoms with Gasteiger partial charge in [-0.3, -0.25) is 9.59 Å². The molecule has 0 heterocycles. The first-order valence-corrected chi connectivity index (χ1v) is 6.72. The second kappa shape index (κ2) is 5.79. The van der Waals surface area contributed by atoms with Crippen LogP contribution in [0.5, 0.6) is 0 Å². The van der Waals surface area contributed by atoms with Crippen molar-refractivity contribution in [3.8, 4) is 0 Å². The highest BCUT2D eigenvalue weighted by Gasteiger charge is 2.41. The van der Waals surface area contributed by atoms with Crippen molar-refractivity contribution in [2.75, 3.05) is 5.32 Å². The summed E-state index contributed by atoms with van der Waals surface area (Å²) >= 11 is 5.80. The van der Waals surface area contributed by atoms with E-state index in [1.54, 1.807) is 0 Å². The number of anilines is 1. The lowest BCUT2D eigenvalue weighted by Gasteiger charge is -2.14. The fourth-order valence-electron chi connectivity index (χ4n) is 1.79. The maximum Gasteiger partial charge on any atom is 0.309 e. The Morgan fingerprint density at radius 2 is 2.15 bits per heavy atom. The summed E-state index contributed by atoms with van der Waals surface area (Å²) in [6.07, 6.45) is -0.117. The number of carbonyl (C=O) groups excluding carboxylic acids is 2. The zero-order valence-electron chi connectivity index (χ0n) is 11.2. The van der Waals surface area contributed by atoms with Crippen molar-refractivity contribution in [2.24, 2.45) is 11.8 Å². The Morgan fingerprint density at radius 3 is 2.70 bits per heavy atom. The average Bonchev–Trinajstić information content (AvgIpc) is 3.10. The van der Waals surface area contributed by atoms with E-state index >= 15 is 0 Å². The molecular formula is C14H15ClFNO3. The number of halogens is 2. The van der Waals surface area contributed by atoms with Gasteiger partial charge in [-0.25, -0.2) is 4.39 Å². The zero-order chi connectivity index (χ0) is 14.9. The van der Waals surface area contributed by atoms with Crippen LogP contribution in [0.15, 0.2) is 18.2 Å². The van der Waals surface area contributed by atoms with Gasteiger partial charge in [-0.05, 0) is 37.5 Å². The predicted molar refractivity (Wildman–Crippen MR) is 72.9 cm³/mol. The van der Waals surface area contributed by atoms with Crippen LogP contribution in [0.4, 0.5) is 10.1 Å². The highest BCUT2D eigenvalue weighted by atomic mass is 35.5. The molecule has 3 atom stereocenters. The molecule has 1 N–H and O–H groups in total. The van der Waals surface area contributed by atoms with Gasteiger partial charge in [0.25, 0.3) is 5.91 Å². The maximum absolute atomic E-state index is 12.9. The van der Waals surface area contributed by atoms with Gasteiger partial charge in [0, 0.05) is 0 Å². The quantitative estimate of drug-likeness (QED) is 0.870. The van der Waals surface area contributed by atoms with Crippen molar-refractivity contribution >= 4 is 29.2 Å². The van der Waals surface area contributed by atoms with Gasteiger partial charge in [-0.2, -0.15) is 0 Å². The maximum atomic E-state index is 12.9. The van der Waals surface area contributed by atoms with E-state index in [1.165, 1.54) is 19.1 Å². The number of rotatable bonds is 4. The predicted octanol–water partition coefficient (Wildman–Crippen LogP) is 3.01. The molecule has 1 aliphatic rings. The topological polar surface area (TPSA) is 55.4 Å². The molecule has 0 aromatic heterocycles. The molecule has 1 aromatic rings. The first-order valence-electron chi connectivity index (χ1n) is 6.35. The molecule has 6 heteroatoms. The SMILES string of the molecule is C[C@H](OC(=O)[C@H]1C[C@H]1C)C(=O)Nc1ccc(F)cc1Cl. The highest BCUT2D eigenvalue weighted by Crippen LogP contribution is 2.38. The summed E-state index contributed by atoms with van der Waals surface area (Å²) < 4.78 is 18.0. The van der Waals surface area contributed by atoms with Crippen molar-refractivity contribution in [1.29, 1.82) is 0 Å². The Bertz CT molecular complexity index is 549. The fourth-order valence-corrected chi connectivity index (χ4v) is 2.01. The van der Waals surface area contributed by atoms with Crippen molar-refractivity contribution in [2.45, 2.75) is 26.4 Å². The molecule has 20 heavy (non-hydrogen) atoms. The van der Waals surface area contributed by atoms with E-state index in [-0.39, 0.29) is 22.6 Å². The van der Waals surface area contributed by atoms with Gasteiger partial charge in [0.1, 0.15) is 5.82 Å². The largest absolute Gasteiger partial charge is 0.452 e. The third kappa shape index (κ3) is 3.48. The van der Waals surface area contributed by atoms with Crippen molar-refractivity contribution in [3.63, 3.8) is 0 Å². The van der Waals surface area contributed by atoms with Gasteiger partial charge >= 0.3 is 5.97 Å². The summed E-state index contributed by atoms with van der Waals surface area (Å²) in [5.41, 5.74) is 0.278. The standard InChI is InChI=1S/C14H15ClFNO3/c1-7-5-10(7)14(19)20-8(2)13(18)17-12-4-3-9(16)6-11(12)15/h3-4,6-8,10H,5H2,1-2H3,(H,17,18)/t7-,8+,10+/m1/s1. The van der Waals surface area contributed by atoms with Crippen LogP contribution in [0.25, 0.3) is 0 Å². The molecule has 108 valence electrons. The van der Waals surface area contributed by atoms with Gasteiger partial charge in [0.05, 0.1) is 16.6 Å². The van der Waals surface area contributed by atoms with Gasteiger partial charge in [0.15, 0.2) is 6.10 Å². The molecule has 1 fully saturated rings. The van der Waals surface area contributed by atoms with Crippen molar-refractivity contribution in [1.82, 2.24) is 0 Å². The van der Waals surface area contributed by atoms with Crippen LogP contribution in [-0.4, -0.2) is 18.0 Å². The van der Waals surface area contributed by atoms with Gasteiger partial charge in [0.2, 0.25) is 0 Å². The fraction of sp³-hybridized carbons (Fsp3) is 0.429. The molecule has 1 amide bonds. The Hall–Kier alpha value is -1.62. The summed E-state index contributed by atoms with van der Waals surface area (Å²) in [5.74, 6) is -1.12. The van der Waals surface area contributed by atoms with Crippen molar-refractivity contribution < 1.29 is 18.7 Å². The summed E-state index contributed by atoms with van der Waals surface area (Å²) in [4.78, 5) is 23.5. The van der Waals surface area contributed by atoms with Crippen LogP contribution >= 0.6 is 11.6 Å². The second-order valence-corrected chi connectivity index (χ2v) is 5.42. The first-order chi connectivity index (χ1) is 9.38. The van der Waals surface area contributed by atoms with Gasteiger partial charge in [-0.15, -0.1) is 0 Å². The molecule has 1 saturated carbocycles. The third-order valence-corrected chi connectivity index (χ3v) is 3.58. The van der Waals surface area contributed by atoms with Gasteiger partial charge in [-0.1, -0.05) is 18.5 Å². The minimum absolute atomic E-state index is 0.0905. The van der Waals surface area contributed by atoms with Crippen LogP contribution in [0.1, 0.15) is 20.3 Å². The summed E-state index contributed by atoms with van der Waals surface area (Å²) in [6, 6.07) is 3.64. The number of nitrogens with one attached hydrogen (secondary N) is 1.